The van der Waals surface area contributed by atoms with Crippen molar-refractivity contribution in [3.63, 3.8) is 0 Å². The summed E-state index contributed by atoms with van der Waals surface area (Å²) in [5.41, 5.74) is 9.86. The molecule has 0 fully saturated rings. The number of hydrogen-bond acceptors (Lipinski definition) is 8. The molecule has 0 bridgehead atoms. The number of hydrogen-bond donors (Lipinski definition) is 9. The van der Waals surface area contributed by atoms with Crippen molar-refractivity contribution in [2.75, 3.05) is 6.61 Å². The fourth-order valence-corrected chi connectivity index (χ4v) is 0.794. The first kappa shape index (κ1) is 20.3. The standard InChI is InChI=1S/C7H16N4O5.H2NO3/c8-7(9)11-10-1-3(13)5(15)6(16)4(14)2-12;2-1(3)4/h1,3-6,12-16H,2H2,(H4,8,9,11);(H2,2,3,4)/q;+1/b10-1+;. The third-order valence-electron chi connectivity index (χ3n) is 1.67. The number of nitrogens with zero attached hydrogens (tertiary/aromatic N) is 3. The molecule has 0 heterocycles. The van der Waals surface area contributed by atoms with E-state index in [-0.39, 0.29) is 5.96 Å². The predicted molar refractivity (Wildman–Crippen MR) is 62.6 cm³/mol. The largest absolute Gasteiger partial charge is 0.472 e. The molecule has 0 aromatic heterocycles. The van der Waals surface area contributed by atoms with Crippen LogP contribution >= 0.6 is 0 Å². The molecule has 0 rings (SSSR count). The van der Waals surface area contributed by atoms with E-state index in [1.807, 2.05) is 0 Å². The molecule has 13 nitrogen and oxygen atoms in total. The van der Waals surface area contributed by atoms with Gasteiger partial charge in [-0.05, 0) is 0 Å². The number of guanidine groups is 1. The molecular formula is C7H18N5O8+. The van der Waals surface area contributed by atoms with Crippen LogP contribution in [0, 0.1) is 4.91 Å². The molecule has 0 aliphatic carbocycles. The fourth-order valence-electron chi connectivity index (χ4n) is 0.794. The molecule has 0 spiro atoms. The van der Waals surface area contributed by atoms with E-state index in [1.165, 1.54) is 0 Å². The number of aliphatic hydroxyl groups is 5. The van der Waals surface area contributed by atoms with Gasteiger partial charge in [0.1, 0.15) is 29.3 Å². The third kappa shape index (κ3) is 11.1. The van der Waals surface area contributed by atoms with E-state index < -0.39 is 36.1 Å². The lowest BCUT2D eigenvalue weighted by atomic mass is 10.0. The zero-order chi connectivity index (χ0) is 16.3. The van der Waals surface area contributed by atoms with Crippen LogP contribution in [0.3, 0.4) is 0 Å². The second-order valence-electron chi connectivity index (χ2n) is 3.26. The topological polar surface area (TPSA) is 238 Å². The first-order chi connectivity index (χ1) is 9.13. The summed E-state index contributed by atoms with van der Waals surface area (Å²) in [6, 6.07) is 0. The van der Waals surface area contributed by atoms with Crippen LogP contribution in [0.2, 0.25) is 0 Å². The van der Waals surface area contributed by atoms with Crippen LogP contribution in [-0.2, 0) is 0 Å². The summed E-state index contributed by atoms with van der Waals surface area (Å²) in [7, 11) is 0. The lowest BCUT2D eigenvalue weighted by Gasteiger charge is -2.23. The SMILES string of the molecule is NC(N)=N/N=C/C(O)C(O)C(O)C(O)CO.O=[N+](O)O. The fraction of sp³-hybridized carbons (Fsp3) is 0.714. The maximum Gasteiger partial charge on any atom is 0.472 e. The Bertz CT molecular complexity index is 329. The summed E-state index contributed by atoms with van der Waals surface area (Å²) < 4.78 is 0. The minimum absolute atomic E-state index is 0.339. The van der Waals surface area contributed by atoms with Crippen LogP contribution in [0.15, 0.2) is 10.2 Å². The normalized spacial score (nSPS) is 16.4. The highest BCUT2D eigenvalue weighted by atomic mass is 16.9. The van der Waals surface area contributed by atoms with Gasteiger partial charge < -0.3 is 37.0 Å². The Labute approximate surface area is 112 Å². The van der Waals surface area contributed by atoms with Crippen molar-refractivity contribution < 1.29 is 41.0 Å². The van der Waals surface area contributed by atoms with Gasteiger partial charge in [0.05, 0.1) is 12.8 Å². The van der Waals surface area contributed by atoms with E-state index in [2.05, 4.69) is 10.2 Å². The van der Waals surface area contributed by atoms with Crippen molar-refractivity contribution in [1.82, 2.24) is 0 Å². The van der Waals surface area contributed by atoms with E-state index >= 15 is 0 Å². The van der Waals surface area contributed by atoms with Gasteiger partial charge in [0.25, 0.3) is 0 Å². The van der Waals surface area contributed by atoms with Gasteiger partial charge in [-0.1, -0.05) is 0 Å². The monoisotopic (exact) mass is 300 g/mol. The predicted octanol–water partition coefficient (Wildman–Crippen LogP) is -4.77. The summed E-state index contributed by atoms with van der Waals surface area (Å²) in [6.07, 6.45) is -5.82. The van der Waals surface area contributed by atoms with Crippen molar-refractivity contribution in [2.45, 2.75) is 24.4 Å². The van der Waals surface area contributed by atoms with Gasteiger partial charge in [-0.25, -0.2) is 10.4 Å². The average Bonchev–Trinajstić information content (AvgIpc) is 2.34. The van der Waals surface area contributed by atoms with Crippen LogP contribution in [0.4, 0.5) is 0 Å². The van der Waals surface area contributed by atoms with Gasteiger partial charge in [-0.3, -0.25) is 0 Å². The third-order valence-corrected chi connectivity index (χ3v) is 1.67. The summed E-state index contributed by atoms with van der Waals surface area (Å²) in [6.45, 7) is -0.754. The minimum Gasteiger partial charge on any atom is -0.394 e. The highest BCUT2D eigenvalue weighted by Gasteiger charge is 2.29. The highest BCUT2D eigenvalue weighted by Crippen LogP contribution is 2.03. The molecule has 20 heavy (non-hydrogen) atoms. The lowest BCUT2D eigenvalue weighted by Crippen LogP contribution is -2.46. The molecule has 0 aromatic carbocycles. The Morgan fingerprint density at radius 1 is 1.15 bits per heavy atom. The highest BCUT2D eigenvalue weighted by molar-refractivity contribution is 5.76. The van der Waals surface area contributed by atoms with Crippen LogP contribution < -0.4 is 11.5 Å². The molecule has 13 heteroatoms. The van der Waals surface area contributed by atoms with Crippen LogP contribution in [-0.4, -0.2) is 84.2 Å². The summed E-state index contributed by atoms with van der Waals surface area (Å²) >= 11 is 0. The second kappa shape index (κ2) is 10.8. The van der Waals surface area contributed by atoms with E-state index in [9.17, 15) is 15.3 Å². The molecule has 0 aliphatic heterocycles. The Kier molecular flexibility index (Phi) is 11.0. The van der Waals surface area contributed by atoms with Crippen molar-refractivity contribution in [2.24, 2.45) is 21.7 Å². The zero-order valence-electron chi connectivity index (χ0n) is 10.1. The molecule has 0 amide bonds. The molecule has 11 N–H and O–H groups in total. The van der Waals surface area contributed by atoms with Gasteiger partial charge in [0.2, 0.25) is 5.96 Å². The summed E-state index contributed by atoms with van der Waals surface area (Å²) in [5.74, 6) is -0.339. The van der Waals surface area contributed by atoms with Gasteiger partial charge in [0, 0.05) is 0 Å². The molecule has 4 atom stereocenters. The zero-order valence-corrected chi connectivity index (χ0v) is 10.1. The van der Waals surface area contributed by atoms with Gasteiger partial charge in [-0.15, -0.1) is 5.10 Å². The van der Waals surface area contributed by atoms with Gasteiger partial charge in [-0.2, -0.15) is 5.10 Å². The first-order valence-corrected chi connectivity index (χ1v) is 4.93. The Balaban J connectivity index is 0. The van der Waals surface area contributed by atoms with E-state index in [4.69, 9.17) is 37.0 Å². The number of nitrogens with two attached hydrogens (primary N) is 2. The second-order valence-corrected chi connectivity index (χ2v) is 3.26. The van der Waals surface area contributed by atoms with Crippen molar-refractivity contribution in [3.8, 4) is 0 Å². The maximum atomic E-state index is 9.28. The maximum absolute atomic E-state index is 9.28. The van der Waals surface area contributed by atoms with E-state index in [1.54, 1.807) is 0 Å². The molecular weight excluding hydrogens is 282 g/mol. The molecule has 0 saturated heterocycles. The molecule has 118 valence electrons. The van der Waals surface area contributed by atoms with E-state index in [0.717, 1.165) is 6.21 Å². The van der Waals surface area contributed by atoms with Crippen LogP contribution in [0.5, 0.6) is 0 Å². The van der Waals surface area contributed by atoms with Crippen molar-refractivity contribution >= 4 is 12.2 Å². The molecule has 0 aliphatic rings. The van der Waals surface area contributed by atoms with E-state index in [0.29, 0.717) is 0 Å². The lowest BCUT2D eigenvalue weighted by molar-refractivity contribution is -0.969. The van der Waals surface area contributed by atoms with Crippen LogP contribution in [0.25, 0.3) is 0 Å². The first-order valence-electron chi connectivity index (χ1n) is 4.93. The average molecular weight is 300 g/mol. The Morgan fingerprint density at radius 3 is 1.95 bits per heavy atom. The smallest absolute Gasteiger partial charge is 0.394 e. The molecule has 4 unspecified atom stereocenters. The quantitative estimate of drug-likeness (QED) is 0.129. The molecule has 0 aromatic rings. The van der Waals surface area contributed by atoms with Gasteiger partial charge >= 0.3 is 5.09 Å². The molecule has 0 saturated carbocycles. The minimum atomic E-state index is -1.72. The Morgan fingerprint density at radius 2 is 1.60 bits per heavy atom. The van der Waals surface area contributed by atoms with Crippen molar-refractivity contribution in [3.05, 3.63) is 4.91 Å². The summed E-state index contributed by atoms with van der Waals surface area (Å²) in [5, 5.41) is 64.1. The number of rotatable bonds is 6. The van der Waals surface area contributed by atoms with Crippen molar-refractivity contribution in [1.29, 1.82) is 0 Å². The van der Waals surface area contributed by atoms with Crippen LogP contribution in [0.1, 0.15) is 0 Å². The van der Waals surface area contributed by atoms with Gasteiger partial charge in [0.15, 0.2) is 0 Å². The summed E-state index contributed by atoms with van der Waals surface area (Å²) in [4.78, 5) is 8.47. The number of aliphatic hydroxyl groups excluding tert-OH is 5. The molecule has 0 radical (unpaired) electrons. The Hall–Kier alpha value is -2.06.